The maximum atomic E-state index is 2.45. The highest BCUT2D eigenvalue weighted by molar-refractivity contribution is 6.06. The van der Waals surface area contributed by atoms with Crippen LogP contribution in [0, 0.1) is 0 Å². The second kappa shape index (κ2) is 10.8. The van der Waals surface area contributed by atoms with Crippen molar-refractivity contribution < 1.29 is 0 Å². The number of anilines is 3. The van der Waals surface area contributed by atoms with Crippen molar-refractivity contribution >= 4 is 38.6 Å². The topological polar surface area (TPSA) is 3.24 Å². The summed E-state index contributed by atoms with van der Waals surface area (Å²) < 4.78 is 0. The van der Waals surface area contributed by atoms with Gasteiger partial charge in [-0.3, -0.25) is 0 Å². The van der Waals surface area contributed by atoms with E-state index in [0.717, 1.165) is 12.1 Å². The Morgan fingerprint density at radius 1 is 0.439 bits per heavy atom. The molecule has 0 atom stereocenters. The van der Waals surface area contributed by atoms with Crippen molar-refractivity contribution in [3.8, 4) is 22.3 Å². The molecule has 0 saturated heterocycles. The molecule has 0 N–H and O–H groups in total. The first-order chi connectivity index (χ1) is 20.3. The summed E-state index contributed by atoms with van der Waals surface area (Å²) in [6.45, 7) is 2.24. The van der Waals surface area contributed by atoms with Crippen molar-refractivity contribution in [3.63, 3.8) is 0 Å². The fourth-order valence-corrected chi connectivity index (χ4v) is 5.96. The zero-order valence-electron chi connectivity index (χ0n) is 23.2. The molecule has 0 heterocycles. The van der Waals surface area contributed by atoms with Crippen LogP contribution in [0.15, 0.2) is 158 Å². The van der Waals surface area contributed by atoms with Crippen LogP contribution in [0.3, 0.4) is 0 Å². The van der Waals surface area contributed by atoms with E-state index in [4.69, 9.17) is 0 Å². The van der Waals surface area contributed by atoms with Gasteiger partial charge in [0.25, 0.3) is 0 Å². The number of fused-ring (bicyclic) bond motifs is 2. The minimum absolute atomic E-state index is 0.952. The molecule has 0 aliphatic carbocycles. The van der Waals surface area contributed by atoms with Gasteiger partial charge in [-0.15, -0.1) is 0 Å². The molecule has 7 aromatic rings. The van der Waals surface area contributed by atoms with Crippen molar-refractivity contribution in [2.24, 2.45) is 0 Å². The van der Waals surface area contributed by atoms with Crippen molar-refractivity contribution in [1.29, 1.82) is 0 Å². The normalized spacial score (nSPS) is 11.1. The van der Waals surface area contributed by atoms with E-state index in [-0.39, 0.29) is 0 Å². The first kappa shape index (κ1) is 24.9. The molecule has 0 saturated carbocycles. The first-order valence-electron chi connectivity index (χ1n) is 14.3. The number of hydrogen-bond donors (Lipinski definition) is 0. The second-order valence-electron chi connectivity index (χ2n) is 10.5. The van der Waals surface area contributed by atoms with Gasteiger partial charge in [0.1, 0.15) is 0 Å². The third kappa shape index (κ3) is 4.66. The lowest BCUT2D eigenvalue weighted by molar-refractivity contribution is 1.11. The van der Waals surface area contributed by atoms with E-state index in [1.807, 2.05) is 0 Å². The van der Waals surface area contributed by atoms with E-state index in [2.05, 4.69) is 170 Å². The fraction of sp³-hybridized carbons (Fsp3) is 0.0500. The van der Waals surface area contributed by atoms with Crippen LogP contribution in [0.4, 0.5) is 17.1 Å². The van der Waals surface area contributed by atoms with Gasteiger partial charge in [0.2, 0.25) is 0 Å². The number of para-hydroxylation sites is 1. The van der Waals surface area contributed by atoms with Crippen LogP contribution < -0.4 is 4.90 Å². The van der Waals surface area contributed by atoms with Crippen LogP contribution in [-0.4, -0.2) is 0 Å². The van der Waals surface area contributed by atoms with E-state index in [9.17, 15) is 0 Å². The molecule has 0 spiro atoms. The molecule has 1 heteroatoms. The van der Waals surface area contributed by atoms with Crippen LogP contribution in [0.5, 0.6) is 0 Å². The Labute approximate surface area is 242 Å². The predicted octanol–water partition coefficient (Wildman–Crippen LogP) is 11.4. The van der Waals surface area contributed by atoms with Crippen LogP contribution in [0.25, 0.3) is 43.8 Å². The minimum Gasteiger partial charge on any atom is -0.310 e. The molecule has 196 valence electrons. The van der Waals surface area contributed by atoms with Gasteiger partial charge in [-0.05, 0) is 80.6 Å². The molecular formula is C40H31N. The number of rotatable bonds is 6. The molecule has 7 rings (SSSR count). The lowest BCUT2D eigenvalue weighted by atomic mass is 9.93. The molecule has 0 aromatic heterocycles. The molecule has 41 heavy (non-hydrogen) atoms. The summed E-state index contributed by atoms with van der Waals surface area (Å²) in [7, 11) is 0. The van der Waals surface area contributed by atoms with Gasteiger partial charge in [0.15, 0.2) is 0 Å². The molecule has 0 aliphatic rings. The summed E-state index contributed by atoms with van der Waals surface area (Å²) in [6.07, 6.45) is 0.952. The van der Waals surface area contributed by atoms with E-state index >= 15 is 0 Å². The van der Waals surface area contributed by atoms with Gasteiger partial charge < -0.3 is 4.90 Å². The zero-order chi connectivity index (χ0) is 27.6. The molecule has 7 aromatic carbocycles. The third-order valence-electron chi connectivity index (χ3n) is 8.03. The molecular weight excluding hydrogens is 494 g/mol. The molecule has 0 bridgehead atoms. The number of aryl methyl sites for hydroxylation is 1. The Morgan fingerprint density at radius 2 is 1.05 bits per heavy atom. The summed E-state index contributed by atoms with van der Waals surface area (Å²) in [6, 6.07) is 57.1. The summed E-state index contributed by atoms with van der Waals surface area (Å²) in [5, 5.41) is 4.99. The summed E-state index contributed by atoms with van der Waals surface area (Å²) in [5.74, 6) is 0. The number of benzene rings is 7. The third-order valence-corrected chi connectivity index (χ3v) is 8.03. The molecule has 0 amide bonds. The highest BCUT2D eigenvalue weighted by atomic mass is 15.1. The fourth-order valence-electron chi connectivity index (χ4n) is 5.96. The standard InChI is InChI=1S/C40H31N/c1-2-29-12-9-11-19-38(29)41(36-25-22-32(23-26-36)30-13-4-3-5-14-30)39-27-24-33-16-8-10-18-37(33)40(39)35-21-20-31-15-6-7-17-34(31)28-35/h3-28H,2H2,1H3. The molecule has 0 fully saturated rings. The monoisotopic (exact) mass is 525 g/mol. The average molecular weight is 526 g/mol. The van der Waals surface area contributed by atoms with Gasteiger partial charge in [-0.2, -0.15) is 0 Å². The van der Waals surface area contributed by atoms with Gasteiger partial charge in [0.05, 0.1) is 5.69 Å². The molecule has 1 nitrogen and oxygen atoms in total. The second-order valence-corrected chi connectivity index (χ2v) is 10.5. The Hall–Kier alpha value is -5.14. The van der Waals surface area contributed by atoms with E-state index in [0.29, 0.717) is 0 Å². The van der Waals surface area contributed by atoms with Gasteiger partial charge in [0, 0.05) is 16.9 Å². The van der Waals surface area contributed by atoms with Crippen LogP contribution in [-0.2, 0) is 6.42 Å². The van der Waals surface area contributed by atoms with Crippen molar-refractivity contribution in [2.45, 2.75) is 13.3 Å². The van der Waals surface area contributed by atoms with Crippen molar-refractivity contribution in [1.82, 2.24) is 0 Å². The van der Waals surface area contributed by atoms with Crippen molar-refractivity contribution in [2.75, 3.05) is 4.90 Å². The van der Waals surface area contributed by atoms with Crippen molar-refractivity contribution in [3.05, 3.63) is 163 Å². The Balaban J connectivity index is 1.49. The largest absolute Gasteiger partial charge is 0.310 e. The smallest absolute Gasteiger partial charge is 0.0546 e. The SMILES string of the molecule is CCc1ccccc1N(c1ccc(-c2ccccc2)cc1)c1ccc2ccccc2c1-c1ccc2ccccc2c1. The maximum absolute atomic E-state index is 2.45. The quantitative estimate of drug-likeness (QED) is 0.209. The zero-order valence-corrected chi connectivity index (χ0v) is 23.2. The van der Waals surface area contributed by atoms with Gasteiger partial charge >= 0.3 is 0 Å². The first-order valence-corrected chi connectivity index (χ1v) is 14.3. The lowest BCUT2D eigenvalue weighted by Crippen LogP contribution is -2.13. The Morgan fingerprint density at radius 3 is 1.85 bits per heavy atom. The van der Waals surface area contributed by atoms with E-state index in [1.54, 1.807) is 0 Å². The van der Waals surface area contributed by atoms with E-state index in [1.165, 1.54) is 60.7 Å². The minimum atomic E-state index is 0.952. The average Bonchev–Trinajstić information content (AvgIpc) is 3.05. The summed E-state index contributed by atoms with van der Waals surface area (Å²) in [5.41, 5.74) is 9.74. The molecule has 0 unspecified atom stereocenters. The Kier molecular flexibility index (Phi) is 6.55. The highest BCUT2D eigenvalue weighted by Gasteiger charge is 2.21. The summed E-state index contributed by atoms with van der Waals surface area (Å²) >= 11 is 0. The van der Waals surface area contributed by atoms with E-state index < -0.39 is 0 Å². The molecule has 0 aliphatic heterocycles. The van der Waals surface area contributed by atoms with Gasteiger partial charge in [-0.1, -0.05) is 134 Å². The number of nitrogens with zero attached hydrogens (tertiary/aromatic N) is 1. The highest BCUT2D eigenvalue weighted by Crippen LogP contribution is 2.46. The predicted molar refractivity (Wildman–Crippen MR) is 176 cm³/mol. The lowest BCUT2D eigenvalue weighted by Gasteiger charge is -2.30. The van der Waals surface area contributed by atoms with Gasteiger partial charge in [-0.25, -0.2) is 0 Å². The maximum Gasteiger partial charge on any atom is 0.0546 e. The summed E-state index contributed by atoms with van der Waals surface area (Å²) in [4.78, 5) is 2.45. The Bertz CT molecular complexity index is 1970. The molecule has 0 radical (unpaired) electrons. The van der Waals surface area contributed by atoms with Crippen LogP contribution >= 0.6 is 0 Å². The number of hydrogen-bond acceptors (Lipinski definition) is 1. The van der Waals surface area contributed by atoms with Crippen LogP contribution in [0.2, 0.25) is 0 Å². The van der Waals surface area contributed by atoms with Crippen LogP contribution in [0.1, 0.15) is 12.5 Å².